The van der Waals surface area contributed by atoms with Crippen LogP contribution >= 0.6 is 0 Å². The molecule has 1 rings (SSSR count). The quantitative estimate of drug-likeness (QED) is 0.748. The number of anilines is 2. The van der Waals surface area contributed by atoms with Crippen molar-refractivity contribution in [3.05, 3.63) is 18.3 Å². The van der Waals surface area contributed by atoms with Crippen LogP contribution in [0.2, 0.25) is 0 Å². The van der Waals surface area contributed by atoms with Crippen molar-refractivity contribution in [1.82, 2.24) is 4.98 Å². The van der Waals surface area contributed by atoms with Crippen LogP contribution in [0, 0.1) is 0 Å². The Morgan fingerprint density at radius 2 is 2.29 bits per heavy atom. The molecule has 0 aromatic carbocycles. The van der Waals surface area contributed by atoms with Crippen LogP contribution in [0.15, 0.2) is 18.3 Å². The number of hydrogen-bond acceptors (Lipinski definition) is 4. The van der Waals surface area contributed by atoms with E-state index < -0.39 is 0 Å². The smallest absolute Gasteiger partial charge is 0.128 e. The molecule has 0 radical (unpaired) electrons. The SMILES string of the molecule is CC(O)CCN(C)c1ccc(N)cn1. The number of nitrogens with zero attached hydrogens (tertiary/aromatic N) is 2. The van der Waals surface area contributed by atoms with Gasteiger partial charge in [-0.1, -0.05) is 0 Å². The molecule has 0 aliphatic heterocycles. The minimum Gasteiger partial charge on any atom is -0.397 e. The molecule has 1 atom stereocenters. The molecule has 0 fully saturated rings. The van der Waals surface area contributed by atoms with Crippen LogP contribution in [0.1, 0.15) is 13.3 Å². The number of aromatic nitrogens is 1. The molecule has 4 nitrogen and oxygen atoms in total. The Balaban J connectivity index is 2.52. The van der Waals surface area contributed by atoms with Crippen molar-refractivity contribution in [1.29, 1.82) is 0 Å². The summed E-state index contributed by atoms with van der Waals surface area (Å²) in [6, 6.07) is 3.69. The first-order valence-electron chi connectivity index (χ1n) is 4.70. The number of rotatable bonds is 4. The highest BCUT2D eigenvalue weighted by atomic mass is 16.3. The summed E-state index contributed by atoms with van der Waals surface area (Å²) in [5.74, 6) is 0.875. The van der Waals surface area contributed by atoms with Crippen molar-refractivity contribution in [3.8, 4) is 0 Å². The maximum atomic E-state index is 9.13. The van der Waals surface area contributed by atoms with E-state index >= 15 is 0 Å². The summed E-state index contributed by atoms with van der Waals surface area (Å²) < 4.78 is 0. The zero-order chi connectivity index (χ0) is 10.6. The van der Waals surface area contributed by atoms with Crippen molar-refractivity contribution in [3.63, 3.8) is 0 Å². The lowest BCUT2D eigenvalue weighted by atomic mass is 10.3. The molecule has 0 aliphatic carbocycles. The third-order valence-corrected chi connectivity index (χ3v) is 2.04. The van der Waals surface area contributed by atoms with Crippen molar-refractivity contribution in [2.75, 3.05) is 24.2 Å². The lowest BCUT2D eigenvalue weighted by molar-refractivity contribution is 0.187. The molecule has 1 heterocycles. The van der Waals surface area contributed by atoms with Gasteiger partial charge in [-0.05, 0) is 25.5 Å². The molecule has 3 N–H and O–H groups in total. The van der Waals surface area contributed by atoms with Crippen molar-refractivity contribution < 1.29 is 5.11 Å². The first-order chi connectivity index (χ1) is 6.59. The number of nitrogens with two attached hydrogens (primary N) is 1. The lowest BCUT2D eigenvalue weighted by Crippen LogP contribution is -2.22. The summed E-state index contributed by atoms with van der Waals surface area (Å²) in [7, 11) is 1.95. The normalized spacial score (nSPS) is 12.5. The minimum absolute atomic E-state index is 0.272. The zero-order valence-electron chi connectivity index (χ0n) is 8.64. The molecular formula is C10H17N3O. The highest BCUT2D eigenvalue weighted by Gasteiger charge is 2.03. The van der Waals surface area contributed by atoms with Gasteiger partial charge in [0.05, 0.1) is 18.0 Å². The summed E-state index contributed by atoms with van der Waals surface area (Å²) in [5.41, 5.74) is 6.19. The van der Waals surface area contributed by atoms with E-state index in [2.05, 4.69) is 4.98 Å². The number of nitrogen functional groups attached to an aromatic ring is 1. The predicted molar refractivity (Wildman–Crippen MR) is 58.2 cm³/mol. The second-order valence-corrected chi connectivity index (χ2v) is 3.51. The second kappa shape index (κ2) is 4.81. The van der Waals surface area contributed by atoms with E-state index in [0.29, 0.717) is 5.69 Å². The van der Waals surface area contributed by atoms with Crippen LogP contribution in [-0.2, 0) is 0 Å². The summed E-state index contributed by atoms with van der Waals surface area (Å²) >= 11 is 0. The van der Waals surface area contributed by atoms with Crippen LogP contribution in [0.4, 0.5) is 11.5 Å². The minimum atomic E-state index is -0.272. The molecule has 0 spiro atoms. The average Bonchev–Trinajstić information content (AvgIpc) is 2.15. The van der Waals surface area contributed by atoms with Gasteiger partial charge in [0.25, 0.3) is 0 Å². The Hall–Kier alpha value is -1.29. The van der Waals surface area contributed by atoms with Crippen LogP contribution in [-0.4, -0.2) is 29.8 Å². The average molecular weight is 195 g/mol. The van der Waals surface area contributed by atoms with Gasteiger partial charge >= 0.3 is 0 Å². The molecule has 0 aliphatic rings. The highest BCUT2D eigenvalue weighted by Crippen LogP contribution is 2.10. The van der Waals surface area contributed by atoms with Crippen LogP contribution in [0.3, 0.4) is 0 Å². The van der Waals surface area contributed by atoms with E-state index in [0.717, 1.165) is 18.8 Å². The van der Waals surface area contributed by atoms with Gasteiger partial charge in [-0.25, -0.2) is 4.98 Å². The summed E-state index contributed by atoms with van der Waals surface area (Å²) in [6.07, 6.45) is 2.10. The third-order valence-electron chi connectivity index (χ3n) is 2.04. The van der Waals surface area contributed by atoms with Crippen molar-refractivity contribution >= 4 is 11.5 Å². The summed E-state index contributed by atoms with van der Waals surface area (Å²) in [5, 5.41) is 9.13. The largest absolute Gasteiger partial charge is 0.397 e. The predicted octanol–water partition coefficient (Wildman–Crippen LogP) is 0.871. The second-order valence-electron chi connectivity index (χ2n) is 3.51. The molecule has 14 heavy (non-hydrogen) atoms. The van der Waals surface area contributed by atoms with Crippen molar-refractivity contribution in [2.24, 2.45) is 0 Å². The van der Waals surface area contributed by atoms with Crippen LogP contribution < -0.4 is 10.6 Å². The molecule has 0 saturated carbocycles. The molecule has 78 valence electrons. The molecule has 1 aromatic heterocycles. The summed E-state index contributed by atoms with van der Waals surface area (Å²) in [4.78, 5) is 6.17. The van der Waals surface area contributed by atoms with E-state index in [9.17, 15) is 0 Å². The number of hydrogen-bond donors (Lipinski definition) is 2. The fourth-order valence-electron chi connectivity index (χ4n) is 1.12. The Bertz CT molecular complexity index is 271. The van der Waals surface area contributed by atoms with Gasteiger partial charge in [-0.2, -0.15) is 0 Å². The zero-order valence-corrected chi connectivity index (χ0v) is 8.64. The van der Waals surface area contributed by atoms with Gasteiger partial charge in [0, 0.05) is 13.6 Å². The fourth-order valence-corrected chi connectivity index (χ4v) is 1.12. The maximum Gasteiger partial charge on any atom is 0.128 e. The number of aliphatic hydroxyl groups excluding tert-OH is 1. The highest BCUT2D eigenvalue weighted by molar-refractivity contribution is 5.45. The molecular weight excluding hydrogens is 178 g/mol. The lowest BCUT2D eigenvalue weighted by Gasteiger charge is -2.18. The van der Waals surface area contributed by atoms with Gasteiger partial charge in [0.1, 0.15) is 5.82 Å². The molecule has 0 amide bonds. The number of pyridine rings is 1. The van der Waals surface area contributed by atoms with Crippen LogP contribution in [0.5, 0.6) is 0 Å². The Morgan fingerprint density at radius 1 is 1.57 bits per heavy atom. The van der Waals surface area contributed by atoms with E-state index in [1.807, 2.05) is 24.1 Å². The molecule has 1 unspecified atom stereocenters. The Labute approximate surface area is 84.4 Å². The van der Waals surface area contributed by atoms with E-state index in [4.69, 9.17) is 10.8 Å². The first-order valence-corrected chi connectivity index (χ1v) is 4.70. The van der Waals surface area contributed by atoms with Gasteiger partial charge < -0.3 is 15.7 Å². The third kappa shape index (κ3) is 3.22. The molecule has 4 heteroatoms. The molecule has 0 bridgehead atoms. The molecule has 1 aromatic rings. The van der Waals surface area contributed by atoms with E-state index in [-0.39, 0.29) is 6.10 Å². The monoisotopic (exact) mass is 195 g/mol. The fraction of sp³-hybridized carbons (Fsp3) is 0.500. The number of aliphatic hydroxyl groups is 1. The topological polar surface area (TPSA) is 62.4 Å². The van der Waals surface area contributed by atoms with Gasteiger partial charge in [-0.15, -0.1) is 0 Å². The maximum absolute atomic E-state index is 9.13. The standard InChI is InChI=1S/C10H17N3O/c1-8(14)5-6-13(2)10-4-3-9(11)7-12-10/h3-4,7-8,14H,5-6,11H2,1-2H3. The Kier molecular flexibility index (Phi) is 3.71. The summed E-state index contributed by atoms with van der Waals surface area (Å²) in [6.45, 7) is 2.57. The van der Waals surface area contributed by atoms with Gasteiger partial charge in [-0.3, -0.25) is 0 Å². The first kappa shape index (κ1) is 10.8. The molecule has 0 saturated heterocycles. The van der Waals surface area contributed by atoms with Crippen molar-refractivity contribution in [2.45, 2.75) is 19.4 Å². The van der Waals surface area contributed by atoms with E-state index in [1.165, 1.54) is 0 Å². The van der Waals surface area contributed by atoms with Gasteiger partial charge in [0.15, 0.2) is 0 Å². The van der Waals surface area contributed by atoms with E-state index in [1.54, 1.807) is 13.1 Å². The van der Waals surface area contributed by atoms with Gasteiger partial charge in [0.2, 0.25) is 0 Å². The Morgan fingerprint density at radius 3 is 2.79 bits per heavy atom. The van der Waals surface area contributed by atoms with Crippen LogP contribution in [0.25, 0.3) is 0 Å².